The third-order valence-corrected chi connectivity index (χ3v) is 5.75. The number of fused-ring (bicyclic) bond motifs is 1. The molecule has 1 unspecified atom stereocenters. The summed E-state index contributed by atoms with van der Waals surface area (Å²) in [4.78, 5) is 17.8. The second kappa shape index (κ2) is 11.7. The van der Waals surface area contributed by atoms with Crippen LogP contribution in [0.4, 0.5) is 10.2 Å². The first-order valence-corrected chi connectivity index (χ1v) is 11.8. The Morgan fingerprint density at radius 3 is 2.66 bits per heavy atom. The SMILES string of the molecule is C=C(F)/C=C\C(=C/C)C(C)NC(=C)c1cc(C#N)cnc1NCc1cnc(-c2cnc3[nH]ncc3c2)cn1. The van der Waals surface area contributed by atoms with Crippen LogP contribution in [-0.4, -0.2) is 36.2 Å². The summed E-state index contributed by atoms with van der Waals surface area (Å²) in [6, 6.07) is 5.58. The first-order chi connectivity index (χ1) is 18.4. The standard InChI is InChI=1S/C28H26FN9/c1-5-21(7-6-17(2)29)18(3)37-19(4)25-8-20(10-30)11-33-28(25)35-15-24-14-32-26(16-31-24)22-9-23-13-36-38-27(23)34-12-22/h5-9,11-14,16,18,37H,2,4,15H2,1,3H3,(H,33,35)(H,34,36,38)/b7-6-,21-5+. The lowest BCUT2D eigenvalue weighted by atomic mass is 10.1. The highest BCUT2D eigenvalue weighted by Gasteiger charge is 2.14. The zero-order valence-corrected chi connectivity index (χ0v) is 21.0. The summed E-state index contributed by atoms with van der Waals surface area (Å²) in [5, 5.41) is 23.7. The van der Waals surface area contributed by atoms with Crippen LogP contribution in [0.1, 0.15) is 30.7 Å². The molecule has 10 heteroatoms. The number of aromatic amines is 1. The van der Waals surface area contributed by atoms with Crippen LogP contribution in [0.25, 0.3) is 28.0 Å². The van der Waals surface area contributed by atoms with E-state index in [1.54, 1.807) is 36.9 Å². The van der Waals surface area contributed by atoms with Gasteiger partial charge < -0.3 is 10.6 Å². The van der Waals surface area contributed by atoms with E-state index in [0.29, 0.717) is 46.2 Å². The molecule has 0 radical (unpaired) electrons. The lowest BCUT2D eigenvalue weighted by Crippen LogP contribution is -2.26. The Kier molecular flexibility index (Phi) is 7.98. The fraction of sp³-hybridized carbons (Fsp3) is 0.143. The fourth-order valence-corrected chi connectivity index (χ4v) is 3.74. The maximum atomic E-state index is 13.1. The number of nitrogens with zero attached hydrogens (tertiary/aromatic N) is 6. The van der Waals surface area contributed by atoms with Crippen molar-refractivity contribution in [1.29, 1.82) is 5.26 Å². The van der Waals surface area contributed by atoms with Crippen molar-refractivity contribution in [3.8, 4) is 17.3 Å². The summed E-state index contributed by atoms with van der Waals surface area (Å²) < 4.78 is 13.1. The molecule has 1 atom stereocenters. The van der Waals surface area contributed by atoms with Crippen LogP contribution >= 0.6 is 0 Å². The summed E-state index contributed by atoms with van der Waals surface area (Å²) in [6.45, 7) is 11.5. The molecule has 0 aliphatic rings. The van der Waals surface area contributed by atoms with Gasteiger partial charge in [-0.05, 0) is 37.6 Å². The molecule has 0 aliphatic heterocycles. The molecule has 4 rings (SSSR count). The zero-order chi connectivity index (χ0) is 27.1. The van der Waals surface area contributed by atoms with Gasteiger partial charge in [0.25, 0.3) is 0 Å². The number of rotatable bonds is 10. The molecule has 0 fully saturated rings. The molecule has 190 valence electrons. The van der Waals surface area contributed by atoms with E-state index in [0.717, 1.165) is 16.5 Å². The molecular formula is C28H26FN9. The quantitative estimate of drug-likeness (QED) is 0.249. The van der Waals surface area contributed by atoms with Gasteiger partial charge in [-0.25, -0.2) is 14.4 Å². The Hall–Kier alpha value is -5.17. The fourth-order valence-electron chi connectivity index (χ4n) is 3.74. The van der Waals surface area contributed by atoms with E-state index in [1.807, 2.05) is 26.0 Å². The molecule has 38 heavy (non-hydrogen) atoms. The topological polar surface area (TPSA) is 128 Å². The van der Waals surface area contributed by atoms with Crippen molar-refractivity contribution in [3.63, 3.8) is 0 Å². The first-order valence-electron chi connectivity index (χ1n) is 11.8. The van der Waals surface area contributed by atoms with Gasteiger partial charge in [-0.1, -0.05) is 25.3 Å². The smallest absolute Gasteiger partial charge is 0.155 e. The predicted octanol–water partition coefficient (Wildman–Crippen LogP) is 5.23. The number of pyridine rings is 2. The minimum absolute atomic E-state index is 0.184. The number of allylic oxidation sites excluding steroid dienone is 3. The highest BCUT2D eigenvalue weighted by atomic mass is 19.1. The van der Waals surface area contributed by atoms with Gasteiger partial charge in [0, 0.05) is 40.6 Å². The van der Waals surface area contributed by atoms with E-state index in [1.165, 1.54) is 12.3 Å². The van der Waals surface area contributed by atoms with Crippen molar-refractivity contribution in [2.75, 3.05) is 5.32 Å². The molecule has 0 spiro atoms. The zero-order valence-electron chi connectivity index (χ0n) is 21.0. The van der Waals surface area contributed by atoms with Crippen molar-refractivity contribution >= 4 is 22.5 Å². The van der Waals surface area contributed by atoms with Crippen LogP contribution in [0, 0.1) is 11.3 Å². The molecule has 0 saturated carbocycles. The van der Waals surface area contributed by atoms with E-state index in [2.05, 4.69) is 60.0 Å². The van der Waals surface area contributed by atoms with Crippen molar-refractivity contribution in [2.45, 2.75) is 26.4 Å². The highest BCUT2D eigenvalue weighted by Crippen LogP contribution is 2.23. The molecule has 0 amide bonds. The van der Waals surface area contributed by atoms with E-state index in [-0.39, 0.29) is 6.04 Å². The average molecular weight is 508 g/mol. The van der Waals surface area contributed by atoms with E-state index in [4.69, 9.17) is 0 Å². The lowest BCUT2D eigenvalue weighted by molar-refractivity contribution is 0.670. The third-order valence-electron chi connectivity index (χ3n) is 5.75. The Morgan fingerprint density at radius 1 is 1.11 bits per heavy atom. The van der Waals surface area contributed by atoms with Crippen LogP contribution in [0.2, 0.25) is 0 Å². The Balaban J connectivity index is 1.48. The summed E-state index contributed by atoms with van der Waals surface area (Å²) >= 11 is 0. The van der Waals surface area contributed by atoms with Gasteiger partial charge in [0.15, 0.2) is 5.65 Å². The van der Waals surface area contributed by atoms with Gasteiger partial charge in [0.2, 0.25) is 0 Å². The Labute approximate surface area is 219 Å². The molecular weight excluding hydrogens is 481 g/mol. The first kappa shape index (κ1) is 25.9. The highest BCUT2D eigenvalue weighted by molar-refractivity contribution is 5.79. The molecule has 3 N–H and O–H groups in total. The molecule has 4 aromatic heterocycles. The number of hydrogen-bond donors (Lipinski definition) is 3. The van der Waals surface area contributed by atoms with Crippen molar-refractivity contribution in [3.05, 3.63) is 103 Å². The predicted molar refractivity (Wildman–Crippen MR) is 146 cm³/mol. The van der Waals surface area contributed by atoms with Crippen LogP contribution in [0.3, 0.4) is 0 Å². The van der Waals surface area contributed by atoms with E-state index in [9.17, 15) is 9.65 Å². The number of nitriles is 1. The number of nitrogens with one attached hydrogen (secondary N) is 3. The van der Waals surface area contributed by atoms with Crippen LogP contribution in [0.15, 0.2) is 85.9 Å². The molecule has 0 bridgehead atoms. The third kappa shape index (κ3) is 6.14. The Bertz CT molecular complexity index is 1580. The average Bonchev–Trinajstić information content (AvgIpc) is 3.40. The Morgan fingerprint density at radius 2 is 1.95 bits per heavy atom. The van der Waals surface area contributed by atoms with Crippen molar-refractivity contribution in [2.24, 2.45) is 0 Å². The van der Waals surface area contributed by atoms with Gasteiger partial charge in [-0.15, -0.1) is 0 Å². The summed E-state index contributed by atoms with van der Waals surface area (Å²) in [5.41, 5.74) is 5.37. The second-order valence-corrected chi connectivity index (χ2v) is 8.42. The van der Waals surface area contributed by atoms with Gasteiger partial charge >= 0.3 is 0 Å². The van der Waals surface area contributed by atoms with Crippen molar-refractivity contribution in [1.82, 2.24) is 35.5 Å². The second-order valence-electron chi connectivity index (χ2n) is 8.42. The van der Waals surface area contributed by atoms with Gasteiger partial charge in [-0.2, -0.15) is 10.4 Å². The summed E-state index contributed by atoms with van der Waals surface area (Å²) in [6.07, 6.45) is 13.1. The number of H-pyrrole nitrogens is 1. The summed E-state index contributed by atoms with van der Waals surface area (Å²) in [7, 11) is 0. The molecule has 0 aliphatic carbocycles. The maximum absolute atomic E-state index is 13.1. The molecule has 0 saturated heterocycles. The molecule has 0 aromatic carbocycles. The molecule has 9 nitrogen and oxygen atoms in total. The van der Waals surface area contributed by atoms with Gasteiger partial charge in [-0.3, -0.25) is 15.1 Å². The molecule has 4 heterocycles. The number of halogens is 1. The normalized spacial score (nSPS) is 12.3. The van der Waals surface area contributed by atoms with Crippen LogP contribution < -0.4 is 10.6 Å². The van der Waals surface area contributed by atoms with Crippen LogP contribution in [-0.2, 0) is 6.54 Å². The molecule has 4 aromatic rings. The lowest BCUT2D eigenvalue weighted by Gasteiger charge is -2.20. The number of hydrogen-bond acceptors (Lipinski definition) is 8. The minimum Gasteiger partial charge on any atom is -0.378 e. The van der Waals surface area contributed by atoms with E-state index < -0.39 is 5.83 Å². The monoisotopic (exact) mass is 507 g/mol. The van der Waals surface area contributed by atoms with Gasteiger partial charge in [0.1, 0.15) is 17.7 Å². The maximum Gasteiger partial charge on any atom is 0.155 e. The van der Waals surface area contributed by atoms with Gasteiger partial charge in [0.05, 0.1) is 42.1 Å². The number of anilines is 1. The van der Waals surface area contributed by atoms with E-state index >= 15 is 0 Å². The van der Waals surface area contributed by atoms with Crippen LogP contribution in [0.5, 0.6) is 0 Å². The number of aromatic nitrogens is 6. The van der Waals surface area contributed by atoms with Crippen molar-refractivity contribution < 1.29 is 4.39 Å². The summed E-state index contributed by atoms with van der Waals surface area (Å²) in [5.74, 6) is 0.00324. The largest absolute Gasteiger partial charge is 0.378 e. The minimum atomic E-state index is -0.528.